The Morgan fingerprint density at radius 1 is 1.27 bits per heavy atom. The summed E-state index contributed by atoms with van der Waals surface area (Å²) in [6, 6.07) is 8.03. The number of nitrogens with zero attached hydrogens (tertiary/aromatic N) is 5. The van der Waals surface area contributed by atoms with E-state index in [0.717, 1.165) is 57.1 Å². The molecule has 1 aromatic carbocycles. The first kappa shape index (κ1) is 17.0. The van der Waals surface area contributed by atoms with Crippen molar-refractivity contribution in [2.75, 3.05) is 44.7 Å². The highest BCUT2D eigenvalue weighted by molar-refractivity contribution is 5.90. The molecule has 4 rings (SSSR count). The maximum Gasteiger partial charge on any atom is 0.321 e. The van der Waals surface area contributed by atoms with Crippen LogP contribution >= 0.6 is 0 Å². The van der Waals surface area contributed by atoms with Crippen LogP contribution in [-0.4, -0.2) is 76.0 Å². The zero-order chi connectivity index (χ0) is 17.9. The predicted octanol–water partition coefficient (Wildman–Crippen LogP) is 1.42. The van der Waals surface area contributed by atoms with E-state index in [1.165, 1.54) is 0 Å². The molecule has 1 aromatic heterocycles. The summed E-state index contributed by atoms with van der Waals surface area (Å²) >= 11 is 0. The Kier molecular flexibility index (Phi) is 4.85. The summed E-state index contributed by atoms with van der Waals surface area (Å²) in [5.74, 6) is 0.650. The van der Waals surface area contributed by atoms with Crippen LogP contribution in [0.25, 0.3) is 11.4 Å². The van der Waals surface area contributed by atoms with Gasteiger partial charge in [-0.05, 0) is 18.6 Å². The van der Waals surface area contributed by atoms with Crippen LogP contribution in [0, 0.1) is 0 Å². The number of hydrogen-bond acceptors (Lipinski definition) is 5. The number of amides is 2. The highest BCUT2D eigenvalue weighted by Crippen LogP contribution is 2.21. The van der Waals surface area contributed by atoms with E-state index >= 15 is 0 Å². The average molecular weight is 356 g/mol. The van der Waals surface area contributed by atoms with Crippen molar-refractivity contribution in [1.29, 1.82) is 0 Å². The maximum atomic E-state index is 12.6. The van der Waals surface area contributed by atoms with Gasteiger partial charge in [0, 0.05) is 50.5 Å². The highest BCUT2D eigenvalue weighted by atomic mass is 16.5. The zero-order valence-corrected chi connectivity index (χ0v) is 15.0. The van der Waals surface area contributed by atoms with Crippen LogP contribution in [0.5, 0.6) is 0 Å². The monoisotopic (exact) mass is 356 g/mol. The third kappa shape index (κ3) is 3.71. The van der Waals surface area contributed by atoms with Gasteiger partial charge in [0.15, 0.2) is 5.82 Å². The Hall–Kier alpha value is -2.45. The van der Waals surface area contributed by atoms with Crippen molar-refractivity contribution < 1.29 is 9.53 Å². The van der Waals surface area contributed by atoms with Crippen LogP contribution in [0.15, 0.2) is 30.6 Å². The molecular formula is C18H24N6O2. The molecule has 3 heterocycles. The molecule has 0 aliphatic carbocycles. The van der Waals surface area contributed by atoms with Crippen LogP contribution < -0.4 is 5.32 Å². The lowest BCUT2D eigenvalue weighted by Gasteiger charge is -2.32. The van der Waals surface area contributed by atoms with E-state index < -0.39 is 0 Å². The molecule has 2 saturated heterocycles. The summed E-state index contributed by atoms with van der Waals surface area (Å²) in [7, 11) is 1.83. The molecule has 2 fully saturated rings. The third-order valence-electron chi connectivity index (χ3n) is 4.98. The molecule has 0 spiro atoms. The SMILES string of the molecule is Cn1cnc(-c2cccc(NC(=O)N3CCC(N4CCOCC4)C3)c2)n1. The number of morpholine rings is 1. The van der Waals surface area contributed by atoms with Crippen LogP contribution in [0.4, 0.5) is 10.5 Å². The second-order valence-electron chi connectivity index (χ2n) is 6.79. The number of aromatic nitrogens is 3. The van der Waals surface area contributed by atoms with Gasteiger partial charge >= 0.3 is 6.03 Å². The Balaban J connectivity index is 1.37. The quantitative estimate of drug-likeness (QED) is 0.900. The molecule has 138 valence electrons. The Bertz CT molecular complexity index is 771. The second-order valence-corrected chi connectivity index (χ2v) is 6.79. The minimum Gasteiger partial charge on any atom is -0.379 e. The largest absolute Gasteiger partial charge is 0.379 e. The maximum absolute atomic E-state index is 12.6. The number of urea groups is 1. The highest BCUT2D eigenvalue weighted by Gasteiger charge is 2.31. The standard InChI is InChI=1S/C18H24N6O2/c1-22-13-19-17(21-22)14-3-2-4-15(11-14)20-18(25)24-6-5-16(12-24)23-7-9-26-10-8-23/h2-4,11,13,16H,5-10,12H2,1H3,(H,20,25). The average Bonchev–Trinajstić information content (AvgIpc) is 3.32. The van der Waals surface area contributed by atoms with Gasteiger partial charge in [-0.15, -0.1) is 0 Å². The number of nitrogens with one attached hydrogen (secondary N) is 1. The number of likely N-dealkylation sites (tertiary alicyclic amines) is 1. The van der Waals surface area contributed by atoms with E-state index in [4.69, 9.17) is 4.74 Å². The van der Waals surface area contributed by atoms with E-state index in [1.807, 2.05) is 36.2 Å². The first-order valence-electron chi connectivity index (χ1n) is 9.03. The first-order valence-corrected chi connectivity index (χ1v) is 9.03. The fraction of sp³-hybridized carbons (Fsp3) is 0.500. The number of hydrogen-bond donors (Lipinski definition) is 1. The van der Waals surface area contributed by atoms with Crippen molar-refractivity contribution in [2.24, 2.45) is 7.05 Å². The van der Waals surface area contributed by atoms with Crippen molar-refractivity contribution in [1.82, 2.24) is 24.6 Å². The minimum absolute atomic E-state index is 0.0492. The summed E-state index contributed by atoms with van der Waals surface area (Å²) in [5, 5.41) is 7.31. The van der Waals surface area contributed by atoms with Gasteiger partial charge in [-0.3, -0.25) is 9.58 Å². The molecule has 1 N–H and O–H groups in total. The zero-order valence-electron chi connectivity index (χ0n) is 15.0. The number of anilines is 1. The molecule has 2 aliphatic heterocycles. The third-order valence-corrected chi connectivity index (χ3v) is 4.98. The minimum atomic E-state index is -0.0492. The molecule has 26 heavy (non-hydrogen) atoms. The van der Waals surface area contributed by atoms with Crippen LogP contribution in [0.1, 0.15) is 6.42 Å². The molecule has 2 amide bonds. The van der Waals surface area contributed by atoms with Gasteiger partial charge in [0.05, 0.1) is 13.2 Å². The number of carbonyl (C=O) groups excluding carboxylic acids is 1. The number of rotatable bonds is 3. The van der Waals surface area contributed by atoms with E-state index in [0.29, 0.717) is 11.9 Å². The lowest BCUT2D eigenvalue weighted by molar-refractivity contribution is 0.0192. The van der Waals surface area contributed by atoms with Crippen molar-refractivity contribution >= 4 is 11.7 Å². The molecule has 0 saturated carbocycles. The number of benzene rings is 1. The van der Waals surface area contributed by atoms with E-state index in [1.54, 1.807) is 11.0 Å². The van der Waals surface area contributed by atoms with Gasteiger partial charge in [0.25, 0.3) is 0 Å². The Morgan fingerprint density at radius 2 is 2.12 bits per heavy atom. The lowest BCUT2D eigenvalue weighted by Crippen LogP contribution is -2.45. The Morgan fingerprint density at radius 3 is 2.88 bits per heavy atom. The number of aryl methyl sites for hydroxylation is 1. The molecule has 2 aliphatic rings. The molecule has 1 atom stereocenters. The number of ether oxygens (including phenoxy) is 1. The van der Waals surface area contributed by atoms with Gasteiger partial charge in [-0.2, -0.15) is 5.10 Å². The predicted molar refractivity (Wildman–Crippen MR) is 97.8 cm³/mol. The first-order chi connectivity index (χ1) is 12.7. The summed E-state index contributed by atoms with van der Waals surface area (Å²) in [6.07, 6.45) is 2.68. The van der Waals surface area contributed by atoms with Crippen molar-refractivity contribution in [3.05, 3.63) is 30.6 Å². The summed E-state index contributed by atoms with van der Waals surface area (Å²) < 4.78 is 7.08. The van der Waals surface area contributed by atoms with Gasteiger partial charge in [0.2, 0.25) is 0 Å². The molecule has 2 aromatic rings. The van der Waals surface area contributed by atoms with Gasteiger partial charge in [-0.1, -0.05) is 12.1 Å². The molecular weight excluding hydrogens is 332 g/mol. The van der Waals surface area contributed by atoms with Gasteiger partial charge < -0.3 is 15.0 Å². The van der Waals surface area contributed by atoms with Crippen LogP contribution in [-0.2, 0) is 11.8 Å². The van der Waals surface area contributed by atoms with Crippen molar-refractivity contribution in [3.63, 3.8) is 0 Å². The second kappa shape index (κ2) is 7.43. The van der Waals surface area contributed by atoms with E-state index in [-0.39, 0.29) is 6.03 Å². The van der Waals surface area contributed by atoms with Gasteiger partial charge in [0.1, 0.15) is 6.33 Å². The molecule has 0 bridgehead atoms. The lowest BCUT2D eigenvalue weighted by atomic mass is 10.2. The molecule has 1 unspecified atom stereocenters. The van der Waals surface area contributed by atoms with Crippen molar-refractivity contribution in [3.8, 4) is 11.4 Å². The fourth-order valence-electron chi connectivity index (χ4n) is 3.58. The van der Waals surface area contributed by atoms with E-state index in [2.05, 4.69) is 20.3 Å². The van der Waals surface area contributed by atoms with E-state index in [9.17, 15) is 4.79 Å². The molecule has 8 heteroatoms. The molecule has 8 nitrogen and oxygen atoms in total. The van der Waals surface area contributed by atoms with Gasteiger partial charge in [-0.25, -0.2) is 9.78 Å². The topological polar surface area (TPSA) is 75.5 Å². The number of carbonyl (C=O) groups is 1. The summed E-state index contributed by atoms with van der Waals surface area (Å²) in [5.41, 5.74) is 1.64. The molecule has 0 radical (unpaired) electrons. The fourth-order valence-corrected chi connectivity index (χ4v) is 3.58. The smallest absolute Gasteiger partial charge is 0.321 e. The van der Waals surface area contributed by atoms with Crippen LogP contribution in [0.2, 0.25) is 0 Å². The van der Waals surface area contributed by atoms with Crippen LogP contribution in [0.3, 0.4) is 0 Å². The normalized spacial score (nSPS) is 21.1. The van der Waals surface area contributed by atoms with Crippen molar-refractivity contribution in [2.45, 2.75) is 12.5 Å². The Labute approximate surface area is 152 Å². The summed E-state index contributed by atoms with van der Waals surface area (Å²) in [4.78, 5) is 21.2. The summed E-state index contributed by atoms with van der Waals surface area (Å²) in [6.45, 7) is 5.05.